The third kappa shape index (κ3) is 3.82. The number of rotatable bonds is 4. The van der Waals surface area contributed by atoms with Crippen LogP contribution in [0.3, 0.4) is 0 Å². The predicted molar refractivity (Wildman–Crippen MR) is 121 cm³/mol. The average molecular weight is 432 g/mol. The highest BCUT2D eigenvalue weighted by atomic mass is 16.3. The number of carbonyl (C=O) groups is 1. The van der Waals surface area contributed by atoms with Crippen molar-refractivity contribution in [2.75, 3.05) is 23.3 Å². The molecule has 1 aromatic carbocycles. The molecule has 0 radical (unpaired) electrons. The minimum absolute atomic E-state index is 0.195. The number of aliphatic hydroxyl groups excluding tert-OH is 1. The molecule has 0 spiro atoms. The highest BCUT2D eigenvalue weighted by molar-refractivity contribution is 6.06. The van der Waals surface area contributed by atoms with Gasteiger partial charge in [0.15, 0.2) is 5.69 Å². The van der Waals surface area contributed by atoms with Crippen molar-refractivity contribution in [1.29, 1.82) is 0 Å². The van der Waals surface area contributed by atoms with Gasteiger partial charge in [0.05, 0.1) is 29.2 Å². The van der Waals surface area contributed by atoms with Crippen molar-refractivity contribution in [1.82, 2.24) is 19.7 Å². The lowest BCUT2D eigenvalue weighted by atomic mass is 10.1. The van der Waals surface area contributed by atoms with Gasteiger partial charge in [-0.05, 0) is 44.0 Å². The summed E-state index contributed by atoms with van der Waals surface area (Å²) in [5.41, 5.74) is 4.35. The van der Waals surface area contributed by atoms with Gasteiger partial charge in [-0.25, -0.2) is 4.98 Å². The van der Waals surface area contributed by atoms with Crippen molar-refractivity contribution in [3.8, 4) is 11.5 Å². The first-order chi connectivity index (χ1) is 15.5. The smallest absolute Gasteiger partial charge is 0.277 e. The van der Waals surface area contributed by atoms with E-state index in [1.165, 1.54) is 6.26 Å². The number of anilines is 2. The lowest BCUT2D eigenvalue weighted by molar-refractivity contribution is 0.102. The fraction of sp³-hybridized carbons (Fsp3) is 0.304. The summed E-state index contributed by atoms with van der Waals surface area (Å²) in [6, 6.07) is 7.60. The number of fused-ring (bicyclic) bond motifs is 1. The summed E-state index contributed by atoms with van der Waals surface area (Å²) in [6.07, 6.45) is 5.91. The number of aromatic nitrogens is 4. The van der Waals surface area contributed by atoms with E-state index in [-0.39, 0.29) is 17.7 Å². The second-order valence-corrected chi connectivity index (χ2v) is 8.09. The number of aliphatic hydroxyl groups is 1. The summed E-state index contributed by atoms with van der Waals surface area (Å²) in [4.78, 5) is 23.8. The molecule has 1 aliphatic heterocycles. The van der Waals surface area contributed by atoms with Gasteiger partial charge in [-0.3, -0.25) is 14.5 Å². The van der Waals surface area contributed by atoms with E-state index in [9.17, 15) is 9.90 Å². The Balaban J connectivity index is 1.45. The molecule has 32 heavy (non-hydrogen) atoms. The monoisotopic (exact) mass is 432 g/mol. The molecule has 5 rings (SSSR count). The Hall–Kier alpha value is -3.72. The molecule has 164 valence electrons. The maximum atomic E-state index is 13.0. The Labute approximate surface area is 184 Å². The molecular weight excluding hydrogens is 408 g/mol. The Morgan fingerprint density at radius 1 is 1.25 bits per heavy atom. The normalized spacial score (nSPS) is 14.8. The molecule has 1 amide bonds. The highest BCUT2D eigenvalue weighted by Crippen LogP contribution is 2.33. The minimum atomic E-state index is -0.354. The maximum Gasteiger partial charge on any atom is 0.277 e. The van der Waals surface area contributed by atoms with Crippen LogP contribution in [0, 0.1) is 6.92 Å². The Morgan fingerprint density at radius 2 is 2.06 bits per heavy atom. The highest BCUT2D eigenvalue weighted by Gasteiger charge is 2.23. The van der Waals surface area contributed by atoms with Crippen LogP contribution in [0.15, 0.2) is 47.3 Å². The first-order valence-electron chi connectivity index (χ1n) is 10.6. The van der Waals surface area contributed by atoms with E-state index in [2.05, 4.69) is 25.3 Å². The van der Waals surface area contributed by atoms with Crippen molar-refractivity contribution in [3.63, 3.8) is 0 Å². The van der Waals surface area contributed by atoms with Gasteiger partial charge < -0.3 is 19.7 Å². The lowest BCUT2D eigenvalue weighted by Crippen LogP contribution is -2.36. The van der Waals surface area contributed by atoms with E-state index < -0.39 is 0 Å². The number of carbonyl (C=O) groups excluding carboxylic acids is 1. The number of benzene rings is 1. The van der Waals surface area contributed by atoms with Crippen molar-refractivity contribution in [3.05, 3.63) is 54.3 Å². The molecule has 2 N–H and O–H groups in total. The molecule has 0 unspecified atom stereocenters. The van der Waals surface area contributed by atoms with Crippen molar-refractivity contribution >= 4 is 28.2 Å². The Morgan fingerprint density at radius 3 is 2.84 bits per heavy atom. The van der Waals surface area contributed by atoms with Gasteiger partial charge in [-0.1, -0.05) is 0 Å². The van der Waals surface area contributed by atoms with Crippen LogP contribution in [0.25, 0.3) is 22.4 Å². The van der Waals surface area contributed by atoms with E-state index in [0.29, 0.717) is 37.5 Å². The zero-order valence-electron chi connectivity index (χ0n) is 17.9. The number of piperidine rings is 1. The Kier molecular flexibility index (Phi) is 5.10. The van der Waals surface area contributed by atoms with Gasteiger partial charge in [0.25, 0.3) is 5.91 Å². The molecule has 0 atom stereocenters. The van der Waals surface area contributed by atoms with E-state index in [1.807, 2.05) is 36.9 Å². The van der Waals surface area contributed by atoms with Crippen LogP contribution in [0.5, 0.6) is 0 Å². The molecule has 1 aliphatic rings. The van der Waals surface area contributed by atoms with E-state index in [1.54, 1.807) is 18.5 Å². The maximum absolute atomic E-state index is 13.0. The van der Waals surface area contributed by atoms with Crippen LogP contribution in [-0.2, 0) is 7.05 Å². The van der Waals surface area contributed by atoms with Crippen LogP contribution in [0.2, 0.25) is 0 Å². The van der Waals surface area contributed by atoms with Crippen LogP contribution >= 0.6 is 0 Å². The number of hydrogen-bond donors (Lipinski definition) is 2. The van der Waals surface area contributed by atoms with Gasteiger partial charge in [0.2, 0.25) is 5.89 Å². The van der Waals surface area contributed by atoms with Crippen LogP contribution < -0.4 is 10.2 Å². The molecule has 9 heteroatoms. The number of pyridine rings is 1. The molecule has 9 nitrogen and oxygen atoms in total. The van der Waals surface area contributed by atoms with E-state index in [0.717, 1.165) is 27.8 Å². The summed E-state index contributed by atoms with van der Waals surface area (Å²) < 4.78 is 7.35. The fourth-order valence-corrected chi connectivity index (χ4v) is 4.03. The van der Waals surface area contributed by atoms with Gasteiger partial charge in [-0.15, -0.1) is 0 Å². The third-order valence-electron chi connectivity index (χ3n) is 5.80. The molecule has 1 saturated heterocycles. The molecular formula is C23H24N6O3. The van der Waals surface area contributed by atoms with E-state index >= 15 is 0 Å². The second kappa shape index (κ2) is 8.08. The zero-order chi connectivity index (χ0) is 22.2. The van der Waals surface area contributed by atoms with Gasteiger partial charge >= 0.3 is 0 Å². The van der Waals surface area contributed by atoms with E-state index in [4.69, 9.17) is 4.42 Å². The van der Waals surface area contributed by atoms with Crippen molar-refractivity contribution in [2.24, 2.45) is 7.05 Å². The van der Waals surface area contributed by atoms with Crippen molar-refractivity contribution < 1.29 is 14.3 Å². The number of aryl methyl sites for hydroxylation is 2. The second-order valence-electron chi connectivity index (χ2n) is 8.09. The quantitative estimate of drug-likeness (QED) is 0.510. The SMILES string of the molecule is Cc1cc(-c2nc(C(=O)Nc3cc4cnn(C)c4cc3N3CCC(O)CC3)co2)ccn1. The molecule has 3 aromatic heterocycles. The number of amides is 1. The molecule has 1 fully saturated rings. The fourth-order valence-electron chi connectivity index (χ4n) is 4.03. The van der Waals surface area contributed by atoms with Gasteiger partial charge in [0.1, 0.15) is 6.26 Å². The molecule has 0 aliphatic carbocycles. The predicted octanol–water partition coefficient (Wildman–Crippen LogP) is 3.15. The topological polar surface area (TPSA) is 109 Å². The molecule has 4 heterocycles. The number of hydrogen-bond acceptors (Lipinski definition) is 7. The standard InChI is InChI=1S/C23H24N6O3/c1-14-9-15(3-6-24-14)23-27-19(13-32-23)22(31)26-18-10-16-12-25-28(2)20(16)11-21(18)29-7-4-17(30)5-8-29/h3,6,9-13,17,30H,4-5,7-8H2,1-2H3,(H,26,31). The number of nitrogens with zero attached hydrogens (tertiary/aromatic N) is 5. The summed E-state index contributed by atoms with van der Waals surface area (Å²) >= 11 is 0. The van der Waals surface area contributed by atoms with Crippen LogP contribution in [-0.4, -0.2) is 50.0 Å². The van der Waals surface area contributed by atoms with Crippen LogP contribution in [0.1, 0.15) is 29.0 Å². The average Bonchev–Trinajstić information content (AvgIpc) is 3.41. The summed E-state index contributed by atoms with van der Waals surface area (Å²) in [7, 11) is 1.89. The molecule has 0 bridgehead atoms. The third-order valence-corrected chi connectivity index (χ3v) is 5.80. The summed E-state index contributed by atoms with van der Waals surface area (Å²) in [5.74, 6) is 0.0147. The van der Waals surface area contributed by atoms with Gasteiger partial charge in [-0.2, -0.15) is 5.10 Å². The largest absolute Gasteiger partial charge is 0.444 e. The van der Waals surface area contributed by atoms with Crippen LogP contribution in [0.4, 0.5) is 11.4 Å². The minimum Gasteiger partial charge on any atom is -0.444 e. The van der Waals surface area contributed by atoms with Crippen molar-refractivity contribution in [2.45, 2.75) is 25.9 Å². The molecule has 4 aromatic rings. The first kappa shape index (κ1) is 20.2. The number of oxazole rings is 1. The zero-order valence-corrected chi connectivity index (χ0v) is 17.9. The lowest BCUT2D eigenvalue weighted by Gasteiger charge is -2.33. The number of nitrogens with one attached hydrogen (secondary N) is 1. The molecule has 0 saturated carbocycles. The first-order valence-corrected chi connectivity index (χ1v) is 10.6. The summed E-state index contributed by atoms with van der Waals surface area (Å²) in [5, 5.41) is 18.2. The Bertz CT molecular complexity index is 1290. The summed E-state index contributed by atoms with van der Waals surface area (Å²) in [6.45, 7) is 3.31. The van der Waals surface area contributed by atoms with Gasteiger partial charge in [0, 0.05) is 43.0 Å².